The summed E-state index contributed by atoms with van der Waals surface area (Å²) in [6, 6.07) is 13.5. The van der Waals surface area contributed by atoms with Crippen LogP contribution < -0.4 is 10.5 Å². The Labute approximate surface area is 137 Å². The number of fused-ring (bicyclic) bond motifs is 1. The van der Waals surface area contributed by atoms with Crippen molar-refractivity contribution in [2.75, 3.05) is 7.11 Å². The lowest BCUT2D eigenvalue weighted by Crippen LogP contribution is -2.11. The standard InChI is InChI=1S/C16H13Cl2NOS/c1-20-13-8-11(17)10(7-12(13)18)16(19)15-6-9-4-2-3-5-14(9)21-15/h2-8,16H,19H2,1H3. The molecule has 0 radical (unpaired) electrons. The van der Waals surface area contributed by atoms with Gasteiger partial charge in [-0.15, -0.1) is 11.3 Å². The Morgan fingerprint density at radius 3 is 2.57 bits per heavy atom. The molecule has 0 fully saturated rings. The Morgan fingerprint density at radius 2 is 1.86 bits per heavy atom. The number of thiophene rings is 1. The molecule has 3 rings (SSSR count). The predicted octanol–water partition coefficient (Wildman–Crippen LogP) is 5.26. The van der Waals surface area contributed by atoms with Crippen LogP contribution in [0.25, 0.3) is 10.1 Å². The minimum Gasteiger partial charge on any atom is -0.495 e. The van der Waals surface area contributed by atoms with Crippen LogP contribution in [0.3, 0.4) is 0 Å². The van der Waals surface area contributed by atoms with Crippen LogP contribution in [0.1, 0.15) is 16.5 Å². The maximum Gasteiger partial charge on any atom is 0.138 e. The molecule has 0 saturated carbocycles. The van der Waals surface area contributed by atoms with Crippen LogP contribution >= 0.6 is 34.5 Å². The molecule has 5 heteroatoms. The number of hydrogen-bond acceptors (Lipinski definition) is 3. The smallest absolute Gasteiger partial charge is 0.138 e. The zero-order valence-electron chi connectivity index (χ0n) is 11.3. The highest BCUT2D eigenvalue weighted by Crippen LogP contribution is 2.38. The van der Waals surface area contributed by atoms with E-state index in [1.165, 1.54) is 10.1 Å². The van der Waals surface area contributed by atoms with Gasteiger partial charge in [0, 0.05) is 20.7 Å². The van der Waals surface area contributed by atoms with Crippen molar-refractivity contribution < 1.29 is 4.74 Å². The highest BCUT2D eigenvalue weighted by Gasteiger charge is 2.17. The predicted molar refractivity (Wildman–Crippen MR) is 90.9 cm³/mol. The molecule has 108 valence electrons. The van der Waals surface area contributed by atoms with E-state index in [-0.39, 0.29) is 6.04 Å². The number of benzene rings is 2. The molecule has 0 amide bonds. The maximum atomic E-state index is 6.37. The van der Waals surface area contributed by atoms with Gasteiger partial charge in [0.25, 0.3) is 0 Å². The topological polar surface area (TPSA) is 35.2 Å². The Hall–Kier alpha value is -1.26. The van der Waals surface area contributed by atoms with Crippen molar-refractivity contribution in [1.29, 1.82) is 0 Å². The van der Waals surface area contributed by atoms with E-state index in [0.29, 0.717) is 15.8 Å². The quantitative estimate of drug-likeness (QED) is 0.706. The Kier molecular flexibility index (Phi) is 4.09. The normalized spacial score (nSPS) is 12.6. The number of methoxy groups -OCH3 is 1. The minimum atomic E-state index is -0.307. The molecule has 0 bridgehead atoms. The molecule has 1 heterocycles. The molecule has 2 N–H and O–H groups in total. The summed E-state index contributed by atoms with van der Waals surface area (Å²) >= 11 is 14.2. The summed E-state index contributed by atoms with van der Waals surface area (Å²) in [6.45, 7) is 0. The summed E-state index contributed by atoms with van der Waals surface area (Å²) in [6.07, 6.45) is 0. The van der Waals surface area contributed by atoms with Crippen LogP contribution in [0, 0.1) is 0 Å². The van der Waals surface area contributed by atoms with Crippen molar-refractivity contribution in [3.05, 3.63) is 63.0 Å². The van der Waals surface area contributed by atoms with Gasteiger partial charge in [0.05, 0.1) is 18.2 Å². The molecule has 0 aliphatic carbocycles. The fraction of sp³-hybridized carbons (Fsp3) is 0.125. The molecular weight excluding hydrogens is 325 g/mol. The summed E-state index contributed by atoms with van der Waals surface area (Å²) in [5, 5.41) is 2.25. The van der Waals surface area contributed by atoms with E-state index >= 15 is 0 Å². The molecule has 2 aromatic carbocycles. The van der Waals surface area contributed by atoms with E-state index in [1.807, 2.05) is 12.1 Å². The molecule has 0 spiro atoms. The van der Waals surface area contributed by atoms with Crippen molar-refractivity contribution >= 4 is 44.6 Å². The Bertz CT molecular complexity index is 767. The average molecular weight is 338 g/mol. The van der Waals surface area contributed by atoms with Crippen LogP contribution in [-0.4, -0.2) is 7.11 Å². The second-order valence-electron chi connectivity index (χ2n) is 4.67. The molecule has 1 unspecified atom stereocenters. The number of hydrogen-bond donors (Lipinski definition) is 1. The van der Waals surface area contributed by atoms with Crippen molar-refractivity contribution in [2.45, 2.75) is 6.04 Å². The monoisotopic (exact) mass is 337 g/mol. The van der Waals surface area contributed by atoms with Gasteiger partial charge in [0.2, 0.25) is 0 Å². The summed E-state index contributed by atoms with van der Waals surface area (Å²) in [7, 11) is 1.56. The lowest BCUT2D eigenvalue weighted by Gasteiger charge is -2.14. The van der Waals surface area contributed by atoms with Crippen LogP contribution in [-0.2, 0) is 0 Å². The van der Waals surface area contributed by atoms with E-state index in [4.69, 9.17) is 33.7 Å². The second-order valence-corrected chi connectivity index (χ2v) is 6.60. The molecule has 3 aromatic rings. The molecule has 1 aromatic heterocycles. The van der Waals surface area contributed by atoms with Crippen LogP contribution in [0.4, 0.5) is 0 Å². The number of ether oxygens (including phenoxy) is 1. The first-order valence-corrected chi connectivity index (χ1v) is 7.94. The van der Waals surface area contributed by atoms with Crippen molar-refractivity contribution in [2.24, 2.45) is 5.73 Å². The lowest BCUT2D eigenvalue weighted by molar-refractivity contribution is 0.415. The maximum absolute atomic E-state index is 6.37. The zero-order chi connectivity index (χ0) is 15.0. The van der Waals surface area contributed by atoms with Gasteiger partial charge in [-0.25, -0.2) is 0 Å². The third-order valence-corrected chi connectivity index (χ3v) is 5.18. The summed E-state index contributed by atoms with van der Waals surface area (Å²) in [4.78, 5) is 1.05. The van der Waals surface area contributed by atoms with Gasteiger partial charge in [-0.3, -0.25) is 0 Å². The molecule has 2 nitrogen and oxygen atoms in total. The fourth-order valence-corrected chi connectivity index (χ4v) is 3.85. The van der Waals surface area contributed by atoms with Gasteiger partial charge in [0.1, 0.15) is 5.75 Å². The minimum absolute atomic E-state index is 0.307. The first kappa shape index (κ1) is 14.7. The van der Waals surface area contributed by atoms with Gasteiger partial charge < -0.3 is 10.5 Å². The van der Waals surface area contributed by atoms with E-state index in [9.17, 15) is 0 Å². The van der Waals surface area contributed by atoms with Gasteiger partial charge in [-0.05, 0) is 29.1 Å². The Morgan fingerprint density at radius 1 is 1.10 bits per heavy atom. The average Bonchev–Trinajstić information content (AvgIpc) is 2.92. The van der Waals surface area contributed by atoms with Gasteiger partial charge in [-0.2, -0.15) is 0 Å². The summed E-state index contributed by atoms with van der Waals surface area (Å²) < 4.78 is 6.37. The van der Waals surface area contributed by atoms with E-state index < -0.39 is 0 Å². The van der Waals surface area contributed by atoms with E-state index in [1.54, 1.807) is 30.6 Å². The number of rotatable bonds is 3. The summed E-state index contributed by atoms with van der Waals surface area (Å²) in [5.41, 5.74) is 7.17. The van der Waals surface area contributed by atoms with E-state index in [0.717, 1.165) is 10.4 Å². The highest BCUT2D eigenvalue weighted by molar-refractivity contribution is 7.19. The Balaban J connectivity index is 2.05. The van der Waals surface area contributed by atoms with Crippen LogP contribution in [0.5, 0.6) is 5.75 Å². The van der Waals surface area contributed by atoms with Gasteiger partial charge in [-0.1, -0.05) is 41.4 Å². The molecule has 21 heavy (non-hydrogen) atoms. The van der Waals surface area contributed by atoms with Crippen molar-refractivity contribution in [1.82, 2.24) is 0 Å². The molecule has 0 aliphatic heterocycles. The molecule has 0 aliphatic rings. The third kappa shape index (κ3) is 2.74. The first-order chi connectivity index (χ1) is 10.1. The van der Waals surface area contributed by atoms with Crippen molar-refractivity contribution in [3.8, 4) is 5.75 Å². The van der Waals surface area contributed by atoms with Crippen LogP contribution in [0.15, 0.2) is 42.5 Å². The van der Waals surface area contributed by atoms with E-state index in [2.05, 4.69) is 18.2 Å². The number of nitrogens with two attached hydrogens (primary N) is 1. The van der Waals surface area contributed by atoms with Crippen molar-refractivity contribution in [3.63, 3.8) is 0 Å². The largest absolute Gasteiger partial charge is 0.495 e. The van der Waals surface area contributed by atoms with Gasteiger partial charge >= 0.3 is 0 Å². The SMILES string of the molecule is COc1cc(Cl)c(C(N)c2cc3ccccc3s2)cc1Cl. The van der Waals surface area contributed by atoms with Gasteiger partial charge in [0.15, 0.2) is 0 Å². The highest BCUT2D eigenvalue weighted by atomic mass is 35.5. The number of halogens is 2. The van der Waals surface area contributed by atoms with Crippen LogP contribution in [0.2, 0.25) is 10.0 Å². The zero-order valence-corrected chi connectivity index (χ0v) is 13.6. The fourth-order valence-electron chi connectivity index (χ4n) is 2.25. The molecule has 0 saturated heterocycles. The molecular formula is C16H13Cl2NOS. The lowest BCUT2D eigenvalue weighted by atomic mass is 10.1. The second kappa shape index (κ2) is 5.85. The molecule has 1 atom stereocenters. The summed E-state index contributed by atoms with van der Waals surface area (Å²) in [5.74, 6) is 0.550. The first-order valence-electron chi connectivity index (χ1n) is 6.37. The third-order valence-electron chi connectivity index (χ3n) is 3.36.